The molecular weight excluding hydrogens is 212 g/mol. The van der Waals surface area contributed by atoms with Crippen molar-refractivity contribution in [3.8, 4) is 0 Å². The maximum Gasteiger partial charge on any atom is 0.154 e. The molecule has 1 aromatic rings. The molecule has 1 aromatic heterocycles. The molecule has 0 radical (unpaired) electrons. The lowest BCUT2D eigenvalue weighted by atomic mass is 9.99. The second kappa shape index (κ2) is 4.77. The molecule has 1 saturated carbocycles. The van der Waals surface area contributed by atoms with Crippen molar-refractivity contribution < 1.29 is 0 Å². The summed E-state index contributed by atoms with van der Waals surface area (Å²) >= 11 is 0. The Hall–Kier alpha value is -0.900. The minimum Gasteiger partial charge on any atom is -0.316 e. The lowest BCUT2D eigenvalue weighted by molar-refractivity contribution is 0.434. The van der Waals surface area contributed by atoms with Crippen LogP contribution in [0.15, 0.2) is 0 Å². The standard InChI is InChI=1S/C13H22N4/c1-17-13(11-7-4-8-14-9-11)15-12(16-17)10-5-2-3-6-10/h10-11,14H,2-9H2,1H3. The number of nitrogens with zero attached hydrogens (tertiary/aromatic N) is 3. The van der Waals surface area contributed by atoms with Crippen LogP contribution in [-0.2, 0) is 7.05 Å². The molecule has 94 valence electrons. The SMILES string of the molecule is Cn1nc(C2CCCC2)nc1C1CCCNC1. The average molecular weight is 234 g/mol. The van der Waals surface area contributed by atoms with Crippen LogP contribution >= 0.6 is 0 Å². The normalized spacial score (nSPS) is 26.5. The minimum absolute atomic E-state index is 0.566. The van der Waals surface area contributed by atoms with E-state index in [1.165, 1.54) is 44.3 Å². The molecule has 1 atom stereocenters. The molecule has 0 amide bonds. The van der Waals surface area contributed by atoms with Crippen LogP contribution in [0.5, 0.6) is 0 Å². The van der Waals surface area contributed by atoms with Crippen LogP contribution in [-0.4, -0.2) is 27.9 Å². The zero-order valence-electron chi connectivity index (χ0n) is 10.7. The lowest BCUT2D eigenvalue weighted by Gasteiger charge is -2.21. The van der Waals surface area contributed by atoms with E-state index in [2.05, 4.69) is 17.5 Å². The maximum atomic E-state index is 4.83. The van der Waals surface area contributed by atoms with E-state index in [0.717, 1.165) is 18.9 Å². The lowest BCUT2D eigenvalue weighted by Crippen LogP contribution is -2.29. The summed E-state index contributed by atoms with van der Waals surface area (Å²) < 4.78 is 2.02. The topological polar surface area (TPSA) is 42.7 Å². The van der Waals surface area contributed by atoms with Crippen molar-refractivity contribution in [3.05, 3.63) is 11.6 Å². The van der Waals surface area contributed by atoms with Crippen molar-refractivity contribution in [2.75, 3.05) is 13.1 Å². The molecule has 0 spiro atoms. The Labute approximate surface area is 103 Å². The van der Waals surface area contributed by atoms with Crippen LogP contribution in [0.2, 0.25) is 0 Å². The van der Waals surface area contributed by atoms with E-state index in [-0.39, 0.29) is 0 Å². The number of aromatic nitrogens is 3. The van der Waals surface area contributed by atoms with Gasteiger partial charge in [-0.2, -0.15) is 5.10 Å². The fourth-order valence-corrected chi connectivity index (χ4v) is 3.20. The highest BCUT2D eigenvalue weighted by Crippen LogP contribution is 2.33. The van der Waals surface area contributed by atoms with Gasteiger partial charge in [-0.15, -0.1) is 0 Å². The average Bonchev–Trinajstić information content (AvgIpc) is 2.99. The number of aryl methyl sites for hydroxylation is 1. The first-order valence-corrected chi connectivity index (χ1v) is 6.96. The van der Waals surface area contributed by atoms with Crippen molar-refractivity contribution in [1.82, 2.24) is 20.1 Å². The van der Waals surface area contributed by atoms with E-state index in [9.17, 15) is 0 Å². The van der Waals surface area contributed by atoms with E-state index in [0.29, 0.717) is 11.8 Å². The highest BCUT2D eigenvalue weighted by Gasteiger charge is 2.25. The van der Waals surface area contributed by atoms with Crippen molar-refractivity contribution in [2.24, 2.45) is 7.05 Å². The monoisotopic (exact) mass is 234 g/mol. The van der Waals surface area contributed by atoms with Crippen molar-refractivity contribution in [3.63, 3.8) is 0 Å². The van der Waals surface area contributed by atoms with E-state index in [4.69, 9.17) is 4.98 Å². The van der Waals surface area contributed by atoms with Gasteiger partial charge in [0.2, 0.25) is 0 Å². The van der Waals surface area contributed by atoms with Crippen LogP contribution in [0.3, 0.4) is 0 Å². The predicted molar refractivity (Wildman–Crippen MR) is 67.1 cm³/mol. The van der Waals surface area contributed by atoms with Gasteiger partial charge in [0, 0.05) is 25.4 Å². The Kier molecular flexibility index (Phi) is 3.14. The molecule has 4 heteroatoms. The second-order valence-corrected chi connectivity index (χ2v) is 5.48. The van der Waals surface area contributed by atoms with Gasteiger partial charge in [-0.25, -0.2) is 4.98 Å². The smallest absolute Gasteiger partial charge is 0.154 e. The molecule has 0 bridgehead atoms. The first-order valence-electron chi connectivity index (χ1n) is 6.96. The molecular formula is C13H22N4. The van der Waals surface area contributed by atoms with Gasteiger partial charge in [0.1, 0.15) is 5.82 Å². The van der Waals surface area contributed by atoms with Crippen molar-refractivity contribution in [1.29, 1.82) is 0 Å². The van der Waals surface area contributed by atoms with E-state index < -0.39 is 0 Å². The summed E-state index contributed by atoms with van der Waals surface area (Å²) in [5, 5.41) is 8.10. The van der Waals surface area contributed by atoms with E-state index in [1.807, 2.05) is 4.68 Å². The van der Waals surface area contributed by atoms with Gasteiger partial charge in [-0.05, 0) is 32.2 Å². The fraction of sp³-hybridized carbons (Fsp3) is 0.846. The zero-order valence-corrected chi connectivity index (χ0v) is 10.7. The highest BCUT2D eigenvalue weighted by atomic mass is 15.3. The first kappa shape index (κ1) is 11.2. The van der Waals surface area contributed by atoms with E-state index in [1.54, 1.807) is 0 Å². The van der Waals surface area contributed by atoms with Crippen LogP contribution in [0.25, 0.3) is 0 Å². The molecule has 1 saturated heterocycles. The molecule has 4 nitrogen and oxygen atoms in total. The molecule has 2 fully saturated rings. The molecule has 1 aliphatic carbocycles. The van der Waals surface area contributed by atoms with Gasteiger partial charge in [-0.1, -0.05) is 12.8 Å². The molecule has 1 unspecified atom stereocenters. The second-order valence-electron chi connectivity index (χ2n) is 5.48. The summed E-state index contributed by atoms with van der Waals surface area (Å²) in [6, 6.07) is 0. The fourth-order valence-electron chi connectivity index (χ4n) is 3.20. The van der Waals surface area contributed by atoms with Gasteiger partial charge in [-0.3, -0.25) is 4.68 Å². The number of piperidine rings is 1. The summed E-state index contributed by atoms with van der Waals surface area (Å²) in [5.41, 5.74) is 0. The van der Waals surface area contributed by atoms with Gasteiger partial charge < -0.3 is 5.32 Å². The Morgan fingerprint density at radius 1 is 1.12 bits per heavy atom. The molecule has 3 rings (SSSR count). The molecule has 1 aliphatic heterocycles. The van der Waals surface area contributed by atoms with Crippen molar-refractivity contribution >= 4 is 0 Å². The molecule has 17 heavy (non-hydrogen) atoms. The third-order valence-electron chi connectivity index (χ3n) is 4.20. The minimum atomic E-state index is 0.566. The number of hydrogen-bond acceptors (Lipinski definition) is 3. The summed E-state index contributed by atoms with van der Waals surface area (Å²) in [7, 11) is 2.05. The Morgan fingerprint density at radius 3 is 2.59 bits per heavy atom. The van der Waals surface area contributed by atoms with Crippen LogP contribution in [0.1, 0.15) is 62.0 Å². The highest BCUT2D eigenvalue weighted by molar-refractivity contribution is 5.06. The third-order valence-corrected chi connectivity index (χ3v) is 4.20. The number of hydrogen-bond donors (Lipinski definition) is 1. The van der Waals surface area contributed by atoms with Crippen LogP contribution < -0.4 is 5.32 Å². The van der Waals surface area contributed by atoms with Gasteiger partial charge >= 0.3 is 0 Å². The summed E-state index contributed by atoms with van der Waals surface area (Å²) in [6.07, 6.45) is 7.78. The van der Waals surface area contributed by atoms with Crippen molar-refractivity contribution in [2.45, 2.75) is 50.4 Å². The maximum absolute atomic E-state index is 4.83. The van der Waals surface area contributed by atoms with Gasteiger partial charge in [0.15, 0.2) is 5.82 Å². The first-order chi connectivity index (χ1) is 8.34. The Bertz CT molecular complexity index is 373. The Balaban J connectivity index is 1.79. The predicted octanol–water partition coefficient (Wildman–Crippen LogP) is 1.94. The van der Waals surface area contributed by atoms with Gasteiger partial charge in [0.05, 0.1) is 0 Å². The molecule has 0 aromatic carbocycles. The van der Waals surface area contributed by atoms with Crippen LogP contribution in [0.4, 0.5) is 0 Å². The van der Waals surface area contributed by atoms with E-state index >= 15 is 0 Å². The van der Waals surface area contributed by atoms with Crippen LogP contribution in [0, 0.1) is 0 Å². The van der Waals surface area contributed by atoms with Gasteiger partial charge in [0.25, 0.3) is 0 Å². The quantitative estimate of drug-likeness (QED) is 0.850. The molecule has 2 heterocycles. The summed E-state index contributed by atoms with van der Waals surface area (Å²) in [4.78, 5) is 4.83. The third kappa shape index (κ3) is 2.23. The Morgan fingerprint density at radius 2 is 1.88 bits per heavy atom. The summed E-state index contributed by atoms with van der Waals surface area (Å²) in [5.74, 6) is 3.49. The largest absolute Gasteiger partial charge is 0.316 e. The molecule has 2 aliphatic rings. The molecule has 1 N–H and O–H groups in total. The number of nitrogens with one attached hydrogen (secondary N) is 1. The zero-order chi connectivity index (χ0) is 11.7. The number of rotatable bonds is 2. The summed E-state index contributed by atoms with van der Waals surface area (Å²) in [6.45, 7) is 2.22.